The summed E-state index contributed by atoms with van der Waals surface area (Å²) in [5.74, 6) is -3.86. The van der Waals surface area contributed by atoms with E-state index in [1.54, 1.807) is 26.0 Å². The van der Waals surface area contributed by atoms with E-state index in [4.69, 9.17) is 33.2 Å². The lowest BCUT2D eigenvalue weighted by atomic mass is 9.74. The van der Waals surface area contributed by atoms with Gasteiger partial charge in [-0.2, -0.15) is 0 Å². The van der Waals surface area contributed by atoms with E-state index in [0.717, 1.165) is 64.2 Å². The smallest absolute Gasteiger partial charge is 0.330 e. The Kier molecular flexibility index (Phi) is 15.7. The number of hydrogen-bond acceptors (Lipinski definition) is 12. The minimum absolute atomic E-state index is 0.0187. The van der Waals surface area contributed by atoms with Crippen LogP contribution in [0.25, 0.3) is 0 Å². The first-order valence-electron chi connectivity index (χ1n) is 18.8. The molecule has 4 aliphatic rings. The van der Waals surface area contributed by atoms with Gasteiger partial charge in [0, 0.05) is 30.8 Å². The molecule has 8 atom stereocenters. The first kappa shape index (κ1) is 40.4. The third-order valence-electron chi connectivity index (χ3n) is 10.3. The SMILES string of the molecule is CCCCCCCC(=O)O[C@H]1/C(=C/C(=O)OC)CC2C[C@H](CO)OC(=O)CCC[C@@H]3CCCC(CC4CCO[C@H](/C=C/C(C)(C)[C@]1(O)O2)O4)O3. The van der Waals surface area contributed by atoms with E-state index in [-0.39, 0.29) is 44.0 Å². The molecule has 4 rings (SSSR count). The van der Waals surface area contributed by atoms with Gasteiger partial charge in [0.2, 0.25) is 5.79 Å². The number of methoxy groups -OCH3 is 1. The highest BCUT2D eigenvalue weighted by Crippen LogP contribution is 2.47. The Morgan fingerprint density at radius 2 is 1.72 bits per heavy atom. The summed E-state index contributed by atoms with van der Waals surface area (Å²) in [6.07, 6.45) is 11.6. The topological polar surface area (TPSA) is 156 Å². The van der Waals surface area contributed by atoms with Crippen LogP contribution in [0.2, 0.25) is 0 Å². The highest BCUT2D eigenvalue weighted by molar-refractivity contribution is 5.83. The van der Waals surface area contributed by atoms with Gasteiger partial charge in [0.1, 0.15) is 6.10 Å². The molecule has 6 bridgehead atoms. The van der Waals surface area contributed by atoms with Gasteiger partial charge in [-0.1, -0.05) is 52.5 Å². The Morgan fingerprint density at radius 1 is 0.980 bits per heavy atom. The molecule has 12 heteroatoms. The summed E-state index contributed by atoms with van der Waals surface area (Å²) in [6, 6.07) is 0. The molecule has 2 N–H and O–H groups in total. The van der Waals surface area contributed by atoms with Crippen molar-refractivity contribution in [2.24, 2.45) is 5.41 Å². The van der Waals surface area contributed by atoms with Gasteiger partial charge in [0.15, 0.2) is 12.4 Å². The summed E-state index contributed by atoms with van der Waals surface area (Å²) in [7, 11) is 1.24. The van der Waals surface area contributed by atoms with Gasteiger partial charge in [-0.05, 0) is 69.4 Å². The molecule has 0 spiro atoms. The van der Waals surface area contributed by atoms with Crippen molar-refractivity contribution in [2.45, 2.75) is 172 Å². The van der Waals surface area contributed by atoms with E-state index in [0.29, 0.717) is 25.0 Å². The lowest BCUT2D eigenvalue weighted by molar-refractivity contribution is -0.327. The van der Waals surface area contributed by atoms with Crippen molar-refractivity contribution in [1.82, 2.24) is 0 Å². The molecule has 3 unspecified atom stereocenters. The highest BCUT2D eigenvalue weighted by Gasteiger charge is 2.57. The largest absolute Gasteiger partial charge is 0.466 e. The Hall–Kier alpha value is -2.35. The molecule has 0 amide bonds. The molecule has 0 aromatic rings. The summed E-state index contributed by atoms with van der Waals surface area (Å²) in [6.45, 7) is 5.62. The number of cyclic esters (lactones) is 1. The Labute approximate surface area is 297 Å². The van der Waals surface area contributed by atoms with Crippen LogP contribution in [0.3, 0.4) is 0 Å². The van der Waals surface area contributed by atoms with Crippen molar-refractivity contribution in [3.8, 4) is 0 Å². The van der Waals surface area contributed by atoms with Crippen molar-refractivity contribution in [3.63, 3.8) is 0 Å². The normalized spacial score (nSPS) is 35.4. The summed E-state index contributed by atoms with van der Waals surface area (Å²) >= 11 is 0. The molecule has 0 saturated carbocycles. The molecule has 4 aliphatic heterocycles. The number of esters is 3. The zero-order valence-corrected chi connectivity index (χ0v) is 30.5. The fraction of sp³-hybridized carbons (Fsp3) is 0.816. The van der Waals surface area contributed by atoms with Gasteiger partial charge in [-0.25, -0.2) is 4.79 Å². The van der Waals surface area contributed by atoms with Crippen molar-refractivity contribution in [2.75, 3.05) is 20.3 Å². The van der Waals surface area contributed by atoms with Crippen molar-refractivity contribution in [1.29, 1.82) is 0 Å². The van der Waals surface area contributed by atoms with Gasteiger partial charge in [0.05, 0.1) is 44.7 Å². The average Bonchev–Trinajstić information content (AvgIpc) is 3.08. The zero-order valence-electron chi connectivity index (χ0n) is 30.5. The molecule has 3 fully saturated rings. The molecule has 0 radical (unpaired) electrons. The molecule has 12 nitrogen and oxygen atoms in total. The van der Waals surface area contributed by atoms with E-state index in [2.05, 4.69) is 6.92 Å². The van der Waals surface area contributed by atoms with E-state index in [1.807, 2.05) is 0 Å². The van der Waals surface area contributed by atoms with E-state index in [1.165, 1.54) is 13.2 Å². The third-order valence-corrected chi connectivity index (χ3v) is 10.3. The molecular formula is C38H60O12. The molecule has 4 heterocycles. The van der Waals surface area contributed by atoms with E-state index < -0.39 is 60.3 Å². The zero-order chi connectivity index (χ0) is 36.1. The number of carbonyl (C=O) groups is 3. The molecule has 50 heavy (non-hydrogen) atoms. The summed E-state index contributed by atoms with van der Waals surface area (Å²) < 4.78 is 41.7. The van der Waals surface area contributed by atoms with E-state index >= 15 is 0 Å². The van der Waals surface area contributed by atoms with Crippen LogP contribution in [0.1, 0.15) is 124 Å². The van der Waals surface area contributed by atoms with Gasteiger partial charge in [0.25, 0.3) is 0 Å². The van der Waals surface area contributed by atoms with E-state index in [9.17, 15) is 24.6 Å². The van der Waals surface area contributed by atoms with Crippen molar-refractivity contribution < 1.29 is 57.8 Å². The van der Waals surface area contributed by atoms with Crippen LogP contribution in [0.4, 0.5) is 0 Å². The van der Waals surface area contributed by atoms with Gasteiger partial charge >= 0.3 is 17.9 Å². The standard InChI is InChI=1S/C38H60O12/c1-5-6-7-8-9-15-33(41)49-36-26(22-34(42)44-4)21-30-24-31(25-39)47-32(40)16-11-13-27-12-10-14-28(46-27)23-29-18-20-45-35(48-29)17-19-37(2,3)38(36,43)50-30/h17,19,22,27-31,35-36,39,43H,5-16,18,20-21,23-25H2,1-4H3/b19-17+,26-22+/t27-,28?,29?,30?,31+,35-,36-,38+/m0/s1. The van der Waals surface area contributed by atoms with Gasteiger partial charge < -0.3 is 43.4 Å². The van der Waals surface area contributed by atoms with Gasteiger partial charge in [-0.15, -0.1) is 0 Å². The number of ether oxygens (including phenoxy) is 7. The van der Waals surface area contributed by atoms with Crippen LogP contribution in [-0.2, 0) is 47.5 Å². The van der Waals surface area contributed by atoms with Crippen LogP contribution in [0.5, 0.6) is 0 Å². The average molecular weight is 709 g/mol. The molecule has 284 valence electrons. The maximum atomic E-state index is 13.3. The van der Waals surface area contributed by atoms with Crippen LogP contribution >= 0.6 is 0 Å². The molecule has 3 saturated heterocycles. The second-order valence-electron chi connectivity index (χ2n) is 14.8. The van der Waals surface area contributed by atoms with Gasteiger partial charge in [-0.3, -0.25) is 9.59 Å². The highest BCUT2D eigenvalue weighted by atomic mass is 16.7. The Bertz CT molecular complexity index is 1170. The number of rotatable bonds is 9. The molecular weight excluding hydrogens is 648 g/mol. The lowest BCUT2D eigenvalue weighted by Gasteiger charge is -2.51. The maximum Gasteiger partial charge on any atom is 0.330 e. The number of unbranched alkanes of at least 4 members (excludes halogenated alkanes) is 4. The molecule has 0 aromatic carbocycles. The first-order chi connectivity index (χ1) is 24.0. The third kappa shape index (κ3) is 11.6. The maximum absolute atomic E-state index is 13.3. The number of carbonyl (C=O) groups excluding carboxylic acids is 3. The minimum Gasteiger partial charge on any atom is -0.466 e. The predicted octanol–water partition coefficient (Wildman–Crippen LogP) is 5.36. The molecule has 0 aliphatic carbocycles. The fourth-order valence-corrected chi connectivity index (χ4v) is 7.32. The van der Waals surface area contributed by atoms with Crippen molar-refractivity contribution >= 4 is 17.9 Å². The Morgan fingerprint density at radius 3 is 2.48 bits per heavy atom. The number of aliphatic hydroxyl groups excluding tert-OH is 1. The fourth-order valence-electron chi connectivity index (χ4n) is 7.32. The minimum atomic E-state index is -2.20. The summed E-state index contributed by atoms with van der Waals surface area (Å²) in [5.41, 5.74) is -0.961. The second-order valence-corrected chi connectivity index (χ2v) is 14.8. The number of aliphatic hydroxyl groups is 2. The van der Waals surface area contributed by atoms with Crippen LogP contribution < -0.4 is 0 Å². The van der Waals surface area contributed by atoms with Crippen LogP contribution in [0, 0.1) is 5.41 Å². The monoisotopic (exact) mass is 708 g/mol. The lowest BCUT2D eigenvalue weighted by Crippen LogP contribution is -2.62. The number of fused-ring (bicyclic) bond motifs is 6. The van der Waals surface area contributed by atoms with Crippen LogP contribution in [0.15, 0.2) is 23.8 Å². The predicted molar refractivity (Wildman–Crippen MR) is 183 cm³/mol. The first-order valence-corrected chi connectivity index (χ1v) is 18.8. The summed E-state index contributed by atoms with van der Waals surface area (Å²) in [4.78, 5) is 38.8. The van der Waals surface area contributed by atoms with Crippen LogP contribution in [-0.4, -0.2) is 97.1 Å². The molecule has 0 aromatic heterocycles. The second kappa shape index (κ2) is 19.5. The summed E-state index contributed by atoms with van der Waals surface area (Å²) in [5, 5.41) is 22.8. The number of hydrogen-bond donors (Lipinski definition) is 2. The van der Waals surface area contributed by atoms with Crippen molar-refractivity contribution in [3.05, 3.63) is 23.8 Å². The quantitative estimate of drug-likeness (QED) is 0.104. The Balaban J connectivity index is 1.66.